The van der Waals surface area contributed by atoms with Gasteiger partial charge in [-0.2, -0.15) is 0 Å². The fourth-order valence-electron chi connectivity index (χ4n) is 8.12. The van der Waals surface area contributed by atoms with Crippen LogP contribution in [0.4, 0.5) is 26.3 Å². The molecule has 0 aromatic heterocycles. The van der Waals surface area contributed by atoms with E-state index in [4.69, 9.17) is 0 Å². The molecule has 35 heavy (non-hydrogen) atoms. The molecule has 5 atom stereocenters. The summed E-state index contributed by atoms with van der Waals surface area (Å²) in [5.74, 6) is 2.21. The van der Waals surface area contributed by atoms with E-state index in [2.05, 4.69) is 23.8 Å². The van der Waals surface area contributed by atoms with Crippen molar-refractivity contribution in [3.63, 3.8) is 0 Å². The highest BCUT2D eigenvalue weighted by Crippen LogP contribution is 2.49. The van der Waals surface area contributed by atoms with E-state index in [1.165, 1.54) is 38.5 Å². The van der Waals surface area contributed by atoms with Gasteiger partial charge in [-0.3, -0.25) is 4.74 Å². The molecule has 0 saturated heterocycles. The molecule has 0 aromatic carbocycles. The summed E-state index contributed by atoms with van der Waals surface area (Å²) < 4.78 is 85.2. The smallest absolute Gasteiger partial charge is 0.282 e. The molecule has 0 aromatic rings. The normalized spacial score (nSPS) is 46.1. The van der Waals surface area contributed by atoms with Gasteiger partial charge in [0.25, 0.3) is 0 Å². The molecule has 7 heteroatoms. The predicted molar refractivity (Wildman–Crippen MR) is 125 cm³/mol. The Labute approximate surface area is 206 Å². The molecule has 0 bridgehead atoms. The molecule has 0 radical (unpaired) electrons. The van der Waals surface area contributed by atoms with Gasteiger partial charge in [-0.1, -0.05) is 12.2 Å². The quantitative estimate of drug-likeness (QED) is 0.266. The molecule has 1 nitrogen and oxygen atoms in total. The Kier molecular flexibility index (Phi) is 9.19. The number of rotatable bonds is 5. The van der Waals surface area contributed by atoms with Gasteiger partial charge >= 0.3 is 6.36 Å². The van der Waals surface area contributed by atoms with Crippen molar-refractivity contribution in [3.8, 4) is 0 Å². The lowest BCUT2D eigenvalue weighted by molar-refractivity contribution is -0.358. The summed E-state index contributed by atoms with van der Waals surface area (Å²) in [6.45, 7) is 2.09. The van der Waals surface area contributed by atoms with Crippen LogP contribution in [0, 0.1) is 41.4 Å². The first-order valence-corrected chi connectivity index (χ1v) is 13.9. The molecule has 4 rings (SSSR count). The van der Waals surface area contributed by atoms with Crippen molar-refractivity contribution < 1.29 is 31.1 Å². The zero-order chi connectivity index (χ0) is 25.2. The van der Waals surface area contributed by atoms with Crippen molar-refractivity contribution in [2.24, 2.45) is 41.4 Å². The lowest BCUT2D eigenvalue weighted by atomic mass is 9.63. The van der Waals surface area contributed by atoms with Crippen LogP contribution >= 0.6 is 0 Å². The average molecular weight is 509 g/mol. The number of halogens is 6. The van der Waals surface area contributed by atoms with Crippen LogP contribution in [0.5, 0.6) is 0 Å². The van der Waals surface area contributed by atoms with Crippen LogP contribution in [0.15, 0.2) is 12.2 Å². The molecule has 202 valence electrons. The molecule has 0 heterocycles. The number of hydrogen-bond acceptors (Lipinski definition) is 1. The minimum absolute atomic E-state index is 0.252. The Morgan fingerprint density at radius 3 is 1.54 bits per heavy atom. The molecule has 4 saturated carbocycles. The molecule has 0 amide bonds. The molecule has 0 N–H and O–H groups in total. The standard InChI is InChI=1S/C28H42F6O/c1-2-3-17-4-6-18(7-5-17)19-8-10-20(11-9-19)21-12-13-23(24(29)14-21)22-15-25(30)27(26(31)16-22)35-28(32,33)34/h2-3,17-27H,4-16H2,1H3/b3-2+. The first-order chi connectivity index (χ1) is 16.6. The maximum absolute atomic E-state index is 15.3. The maximum Gasteiger partial charge on any atom is 0.522 e. The summed E-state index contributed by atoms with van der Waals surface area (Å²) in [6.07, 6.45) is 3.46. The van der Waals surface area contributed by atoms with Gasteiger partial charge in [-0.05, 0) is 132 Å². The highest BCUT2D eigenvalue weighted by atomic mass is 19.4. The average Bonchev–Trinajstić information content (AvgIpc) is 2.81. The van der Waals surface area contributed by atoms with E-state index in [1.807, 2.05) is 0 Å². The van der Waals surface area contributed by atoms with Crippen LogP contribution in [0.2, 0.25) is 0 Å². The third kappa shape index (κ3) is 6.98. The zero-order valence-corrected chi connectivity index (χ0v) is 20.9. The Morgan fingerprint density at radius 1 is 0.600 bits per heavy atom. The summed E-state index contributed by atoms with van der Waals surface area (Å²) in [5.41, 5.74) is 0. The van der Waals surface area contributed by atoms with Crippen molar-refractivity contribution in [2.45, 2.75) is 121 Å². The molecule has 4 fully saturated rings. The molecule has 4 aliphatic rings. The molecule has 4 aliphatic carbocycles. The van der Waals surface area contributed by atoms with E-state index < -0.39 is 42.8 Å². The maximum atomic E-state index is 15.3. The third-order valence-electron chi connectivity index (χ3n) is 9.94. The van der Waals surface area contributed by atoms with Gasteiger partial charge in [0.2, 0.25) is 0 Å². The lowest BCUT2D eigenvalue weighted by Gasteiger charge is -2.45. The first-order valence-electron chi connectivity index (χ1n) is 13.9. The van der Waals surface area contributed by atoms with E-state index in [0.29, 0.717) is 24.7 Å². The van der Waals surface area contributed by atoms with Crippen LogP contribution in [0.1, 0.15) is 90.4 Å². The topological polar surface area (TPSA) is 9.23 Å². The Hall–Kier alpha value is -0.720. The lowest BCUT2D eigenvalue weighted by Crippen LogP contribution is -2.48. The second kappa shape index (κ2) is 11.8. The van der Waals surface area contributed by atoms with Gasteiger partial charge < -0.3 is 0 Å². The molecule has 0 aliphatic heterocycles. The van der Waals surface area contributed by atoms with Gasteiger partial charge in [-0.25, -0.2) is 13.2 Å². The predicted octanol–water partition coefficient (Wildman–Crippen LogP) is 8.92. The summed E-state index contributed by atoms with van der Waals surface area (Å²) >= 11 is 0. The summed E-state index contributed by atoms with van der Waals surface area (Å²) in [6, 6.07) is 0. The second-order valence-corrected chi connectivity index (χ2v) is 11.9. The second-order valence-electron chi connectivity index (χ2n) is 11.9. The van der Waals surface area contributed by atoms with Crippen LogP contribution in [0.25, 0.3) is 0 Å². The minimum atomic E-state index is -5.07. The minimum Gasteiger partial charge on any atom is -0.282 e. The van der Waals surface area contributed by atoms with Crippen molar-refractivity contribution in [3.05, 3.63) is 12.2 Å². The van der Waals surface area contributed by atoms with Crippen molar-refractivity contribution in [1.29, 1.82) is 0 Å². The van der Waals surface area contributed by atoms with E-state index in [1.54, 1.807) is 0 Å². The fourth-order valence-corrected chi connectivity index (χ4v) is 8.12. The van der Waals surface area contributed by atoms with E-state index in [9.17, 15) is 22.0 Å². The number of alkyl halides is 6. The van der Waals surface area contributed by atoms with Crippen molar-refractivity contribution in [2.75, 3.05) is 0 Å². The van der Waals surface area contributed by atoms with E-state index >= 15 is 4.39 Å². The zero-order valence-electron chi connectivity index (χ0n) is 20.9. The van der Waals surface area contributed by atoms with E-state index in [0.717, 1.165) is 37.0 Å². The molecule has 0 spiro atoms. The number of ether oxygens (including phenoxy) is 1. The Balaban J connectivity index is 1.22. The highest BCUT2D eigenvalue weighted by Gasteiger charge is 2.49. The number of allylic oxidation sites excluding steroid dienone is 2. The summed E-state index contributed by atoms with van der Waals surface area (Å²) in [5, 5.41) is 0. The van der Waals surface area contributed by atoms with Crippen LogP contribution < -0.4 is 0 Å². The van der Waals surface area contributed by atoms with E-state index in [-0.39, 0.29) is 12.8 Å². The third-order valence-corrected chi connectivity index (χ3v) is 9.94. The van der Waals surface area contributed by atoms with Crippen LogP contribution in [0.3, 0.4) is 0 Å². The van der Waals surface area contributed by atoms with Gasteiger partial charge in [-0.15, -0.1) is 13.2 Å². The van der Waals surface area contributed by atoms with Gasteiger partial charge in [0.1, 0.15) is 24.6 Å². The van der Waals surface area contributed by atoms with Gasteiger partial charge in [0, 0.05) is 0 Å². The summed E-state index contributed by atoms with van der Waals surface area (Å²) in [7, 11) is 0. The molecular formula is C28H42F6O. The first kappa shape index (κ1) is 27.3. The van der Waals surface area contributed by atoms with Crippen LogP contribution in [-0.2, 0) is 4.74 Å². The van der Waals surface area contributed by atoms with Crippen molar-refractivity contribution >= 4 is 0 Å². The monoisotopic (exact) mass is 508 g/mol. The van der Waals surface area contributed by atoms with Gasteiger partial charge in [0.05, 0.1) is 0 Å². The Morgan fingerprint density at radius 2 is 1.06 bits per heavy atom. The number of hydrogen-bond donors (Lipinski definition) is 0. The van der Waals surface area contributed by atoms with Crippen molar-refractivity contribution in [1.82, 2.24) is 0 Å². The summed E-state index contributed by atoms with van der Waals surface area (Å²) in [4.78, 5) is 0. The SMILES string of the molecule is C/C=C/C1CCC(C2CCC(C3CCC(C4CC(F)C(OC(F)(F)F)C(F)C4)C(F)C3)CC2)CC1. The highest BCUT2D eigenvalue weighted by molar-refractivity contribution is 4.96. The fraction of sp³-hybridized carbons (Fsp3) is 0.929. The van der Waals surface area contributed by atoms with Crippen LogP contribution in [-0.4, -0.2) is 31.0 Å². The molecular weight excluding hydrogens is 466 g/mol. The Bertz CT molecular complexity index is 667. The largest absolute Gasteiger partial charge is 0.522 e. The molecule has 5 unspecified atom stereocenters. The van der Waals surface area contributed by atoms with Gasteiger partial charge in [0.15, 0.2) is 0 Å².